The van der Waals surface area contributed by atoms with Crippen LogP contribution < -0.4 is 10.6 Å². The van der Waals surface area contributed by atoms with E-state index < -0.39 is 12.6 Å². The molecule has 90 valence electrons. The minimum absolute atomic E-state index is 0.171. The maximum absolute atomic E-state index is 11.8. The first-order chi connectivity index (χ1) is 6.99. The first kappa shape index (κ1) is 12.8. The van der Waals surface area contributed by atoms with Crippen LogP contribution in [-0.2, 0) is 0 Å². The summed E-state index contributed by atoms with van der Waals surface area (Å²) in [5.74, 6) is 0.625. The van der Waals surface area contributed by atoms with Gasteiger partial charge in [0.2, 0.25) is 0 Å². The fourth-order valence-electron chi connectivity index (χ4n) is 1.84. The van der Waals surface area contributed by atoms with Crippen molar-refractivity contribution in [2.24, 2.45) is 5.92 Å². The summed E-state index contributed by atoms with van der Waals surface area (Å²) in [6, 6.07) is 0.427. The lowest BCUT2D eigenvalue weighted by Gasteiger charge is -2.16. The van der Waals surface area contributed by atoms with Gasteiger partial charge in [-0.1, -0.05) is 6.92 Å². The third kappa shape index (κ3) is 5.37. The zero-order valence-corrected chi connectivity index (χ0v) is 9.03. The van der Waals surface area contributed by atoms with Crippen LogP contribution in [0.3, 0.4) is 0 Å². The molecule has 5 heteroatoms. The molecule has 2 unspecified atom stereocenters. The molecule has 0 radical (unpaired) electrons. The molecule has 1 aliphatic rings. The van der Waals surface area contributed by atoms with Crippen molar-refractivity contribution >= 4 is 0 Å². The predicted octanol–water partition coefficient (Wildman–Crippen LogP) is 1.92. The second-order valence-electron chi connectivity index (χ2n) is 4.25. The Labute approximate surface area is 88.6 Å². The Morgan fingerprint density at radius 2 is 2.13 bits per heavy atom. The molecule has 1 fully saturated rings. The molecule has 1 aliphatic heterocycles. The van der Waals surface area contributed by atoms with E-state index in [0.29, 0.717) is 18.5 Å². The van der Waals surface area contributed by atoms with E-state index in [2.05, 4.69) is 17.6 Å². The Morgan fingerprint density at radius 3 is 2.67 bits per heavy atom. The molecular weight excluding hydrogens is 205 g/mol. The van der Waals surface area contributed by atoms with Gasteiger partial charge in [-0.25, -0.2) is 0 Å². The first-order valence-corrected chi connectivity index (χ1v) is 5.50. The van der Waals surface area contributed by atoms with Crippen LogP contribution in [0.1, 0.15) is 26.2 Å². The van der Waals surface area contributed by atoms with Crippen molar-refractivity contribution in [3.8, 4) is 0 Å². The fraction of sp³-hybridized carbons (Fsp3) is 1.00. The Balaban J connectivity index is 1.97. The molecule has 1 rings (SSSR count). The molecule has 0 spiro atoms. The smallest absolute Gasteiger partial charge is 0.315 e. The second kappa shape index (κ2) is 5.70. The standard InChI is InChI=1S/C10H19F3N2/c1-8-3-6-15-9(8)7-14-5-2-4-10(11,12)13/h8-9,14-15H,2-7H2,1H3. The van der Waals surface area contributed by atoms with Crippen LogP contribution in [0.5, 0.6) is 0 Å². The van der Waals surface area contributed by atoms with Crippen LogP contribution in [0.25, 0.3) is 0 Å². The molecule has 0 aliphatic carbocycles. The van der Waals surface area contributed by atoms with Crippen molar-refractivity contribution in [2.45, 2.75) is 38.4 Å². The Bertz CT molecular complexity index is 182. The average molecular weight is 224 g/mol. The highest BCUT2D eigenvalue weighted by Gasteiger charge is 2.26. The minimum Gasteiger partial charge on any atom is -0.315 e. The summed E-state index contributed by atoms with van der Waals surface area (Å²) >= 11 is 0. The highest BCUT2D eigenvalue weighted by atomic mass is 19.4. The summed E-state index contributed by atoms with van der Waals surface area (Å²) in [5, 5.41) is 6.40. The first-order valence-electron chi connectivity index (χ1n) is 5.50. The molecule has 2 N–H and O–H groups in total. The average Bonchev–Trinajstić information content (AvgIpc) is 2.49. The van der Waals surface area contributed by atoms with E-state index >= 15 is 0 Å². The molecule has 1 heterocycles. The van der Waals surface area contributed by atoms with Gasteiger partial charge in [-0.05, 0) is 31.8 Å². The molecule has 0 saturated carbocycles. The quantitative estimate of drug-likeness (QED) is 0.697. The van der Waals surface area contributed by atoms with E-state index in [1.165, 1.54) is 0 Å². The van der Waals surface area contributed by atoms with Crippen LogP contribution >= 0.6 is 0 Å². The van der Waals surface area contributed by atoms with Crippen molar-refractivity contribution in [3.05, 3.63) is 0 Å². The number of alkyl halides is 3. The molecular formula is C10H19F3N2. The number of rotatable bonds is 5. The van der Waals surface area contributed by atoms with E-state index in [-0.39, 0.29) is 6.42 Å². The fourth-order valence-corrected chi connectivity index (χ4v) is 1.84. The summed E-state index contributed by atoms with van der Waals surface area (Å²) in [4.78, 5) is 0. The molecule has 2 atom stereocenters. The summed E-state index contributed by atoms with van der Waals surface area (Å²) in [6.45, 7) is 4.42. The third-order valence-electron chi connectivity index (χ3n) is 2.87. The van der Waals surface area contributed by atoms with Crippen molar-refractivity contribution in [2.75, 3.05) is 19.6 Å². The van der Waals surface area contributed by atoms with E-state index in [0.717, 1.165) is 19.5 Å². The zero-order chi connectivity index (χ0) is 11.3. The summed E-state index contributed by atoms with van der Waals surface area (Å²) in [5.41, 5.74) is 0. The molecule has 0 bridgehead atoms. The third-order valence-corrected chi connectivity index (χ3v) is 2.87. The van der Waals surface area contributed by atoms with Gasteiger partial charge in [-0.2, -0.15) is 13.2 Å². The van der Waals surface area contributed by atoms with Crippen LogP contribution in [-0.4, -0.2) is 31.9 Å². The summed E-state index contributed by atoms with van der Waals surface area (Å²) in [7, 11) is 0. The highest BCUT2D eigenvalue weighted by molar-refractivity contribution is 4.82. The SMILES string of the molecule is CC1CCNC1CNCCCC(F)(F)F. The number of hydrogen-bond donors (Lipinski definition) is 2. The van der Waals surface area contributed by atoms with Crippen LogP contribution in [0.2, 0.25) is 0 Å². The van der Waals surface area contributed by atoms with Gasteiger partial charge in [0.05, 0.1) is 0 Å². The van der Waals surface area contributed by atoms with Gasteiger partial charge in [0.25, 0.3) is 0 Å². The van der Waals surface area contributed by atoms with E-state index in [1.807, 2.05) is 0 Å². The maximum Gasteiger partial charge on any atom is 0.389 e. The summed E-state index contributed by atoms with van der Waals surface area (Å²) < 4.78 is 35.4. The lowest BCUT2D eigenvalue weighted by atomic mass is 10.0. The lowest BCUT2D eigenvalue weighted by molar-refractivity contribution is -0.135. The normalized spacial score (nSPS) is 27.2. The molecule has 15 heavy (non-hydrogen) atoms. The number of nitrogens with one attached hydrogen (secondary N) is 2. The van der Waals surface area contributed by atoms with Crippen molar-refractivity contribution in [1.82, 2.24) is 10.6 Å². The lowest BCUT2D eigenvalue weighted by Crippen LogP contribution is -2.37. The van der Waals surface area contributed by atoms with Crippen LogP contribution in [0, 0.1) is 5.92 Å². The van der Waals surface area contributed by atoms with Gasteiger partial charge in [0.1, 0.15) is 0 Å². The van der Waals surface area contributed by atoms with Gasteiger partial charge in [-0.3, -0.25) is 0 Å². The number of halogens is 3. The summed E-state index contributed by atoms with van der Waals surface area (Å²) in [6.07, 6.45) is -3.37. The Morgan fingerprint density at radius 1 is 1.40 bits per heavy atom. The van der Waals surface area contributed by atoms with Crippen molar-refractivity contribution < 1.29 is 13.2 Å². The monoisotopic (exact) mass is 224 g/mol. The largest absolute Gasteiger partial charge is 0.389 e. The van der Waals surface area contributed by atoms with Crippen molar-refractivity contribution in [1.29, 1.82) is 0 Å². The van der Waals surface area contributed by atoms with Crippen LogP contribution in [0.4, 0.5) is 13.2 Å². The van der Waals surface area contributed by atoms with E-state index in [1.54, 1.807) is 0 Å². The van der Waals surface area contributed by atoms with Crippen LogP contribution in [0.15, 0.2) is 0 Å². The maximum atomic E-state index is 11.8. The molecule has 2 nitrogen and oxygen atoms in total. The van der Waals surface area contributed by atoms with Gasteiger partial charge in [0, 0.05) is 19.0 Å². The Hall–Kier alpha value is -0.290. The molecule has 0 aromatic rings. The topological polar surface area (TPSA) is 24.1 Å². The molecule has 0 aromatic carbocycles. The van der Waals surface area contributed by atoms with Crippen molar-refractivity contribution in [3.63, 3.8) is 0 Å². The second-order valence-corrected chi connectivity index (χ2v) is 4.25. The van der Waals surface area contributed by atoms with Gasteiger partial charge in [0.15, 0.2) is 0 Å². The Kier molecular flexibility index (Phi) is 4.86. The van der Waals surface area contributed by atoms with Gasteiger partial charge in [-0.15, -0.1) is 0 Å². The van der Waals surface area contributed by atoms with E-state index in [4.69, 9.17) is 0 Å². The molecule has 1 saturated heterocycles. The van der Waals surface area contributed by atoms with E-state index in [9.17, 15) is 13.2 Å². The zero-order valence-electron chi connectivity index (χ0n) is 9.03. The van der Waals surface area contributed by atoms with Gasteiger partial charge < -0.3 is 10.6 Å². The van der Waals surface area contributed by atoms with Gasteiger partial charge >= 0.3 is 6.18 Å². The highest BCUT2D eigenvalue weighted by Crippen LogP contribution is 2.20. The minimum atomic E-state index is -4.01. The molecule has 0 amide bonds. The molecule has 0 aromatic heterocycles. The number of hydrogen-bond acceptors (Lipinski definition) is 2. The predicted molar refractivity (Wildman–Crippen MR) is 53.7 cm³/mol.